The summed E-state index contributed by atoms with van der Waals surface area (Å²) in [4.78, 5) is 0. The van der Waals surface area contributed by atoms with Crippen molar-refractivity contribution in [1.29, 1.82) is 0 Å². The summed E-state index contributed by atoms with van der Waals surface area (Å²) in [7, 11) is -1.21. The van der Waals surface area contributed by atoms with E-state index in [2.05, 4.69) is 15.1 Å². The summed E-state index contributed by atoms with van der Waals surface area (Å²) >= 11 is 0. The number of sulfonamides is 1. The van der Waals surface area contributed by atoms with Crippen LogP contribution in [-0.4, -0.2) is 36.5 Å². The van der Waals surface area contributed by atoms with E-state index in [4.69, 9.17) is 0 Å². The van der Waals surface area contributed by atoms with E-state index < -0.39 is 10.0 Å². The lowest BCUT2D eigenvalue weighted by Gasteiger charge is -2.14. The molecule has 0 amide bonds. The third-order valence-electron chi connectivity index (χ3n) is 2.97. The Morgan fingerprint density at radius 1 is 1.50 bits per heavy atom. The van der Waals surface area contributed by atoms with Crippen LogP contribution in [0.1, 0.15) is 25.1 Å². The zero-order valence-corrected chi connectivity index (χ0v) is 12.2. The minimum atomic E-state index is -3.11. The molecular weight excluding hydrogens is 252 g/mol. The van der Waals surface area contributed by atoms with Gasteiger partial charge >= 0.3 is 0 Å². The van der Waals surface area contributed by atoms with Crippen LogP contribution in [0.4, 0.5) is 0 Å². The molecule has 18 heavy (non-hydrogen) atoms. The van der Waals surface area contributed by atoms with Crippen molar-refractivity contribution in [3.8, 4) is 0 Å². The van der Waals surface area contributed by atoms with Gasteiger partial charge in [0.15, 0.2) is 0 Å². The molecule has 0 radical (unpaired) electrons. The van der Waals surface area contributed by atoms with Gasteiger partial charge in [0.1, 0.15) is 0 Å². The third-order valence-corrected chi connectivity index (χ3v) is 4.33. The minimum absolute atomic E-state index is 0.0749. The van der Waals surface area contributed by atoms with Gasteiger partial charge in [-0.25, -0.2) is 13.1 Å². The molecule has 0 spiro atoms. The van der Waals surface area contributed by atoms with Gasteiger partial charge < -0.3 is 5.32 Å². The summed E-state index contributed by atoms with van der Waals surface area (Å²) in [6, 6.07) is 0.0749. The van der Waals surface area contributed by atoms with E-state index in [1.807, 2.05) is 31.8 Å². The molecule has 0 fully saturated rings. The predicted molar refractivity (Wildman–Crippen MR) is 71.7 cm³/mol. The van der Waals surface area contributed by atoms with Gasteiger partial charge in [-0.15, -0.1) is 0 Å². The SMILES string of the molecule is CCS(=O)(=O)NC[C@H](C)NCc1cnn(C)c1C. The van der Waals surface area contributed by atoms with Crippen LogP contribution in [0.5, 0.6) is 0 Å². The van der Waals surface area contributed by atoms with Crippen LogP contribution >= 0.6 is 0 Å². The second-order valence-corrected chi connectivity index (χ2v) is 6.51. The van der Waals surface area contributed by atoms with Gasteiger partial charge in [-0.1, -0.05) is 0 Å². The number of rotatable bonds is 7. The molecule has 0 saturated carbocycles. The number of aromatic nitrogens is 2. The van der Waals surface area contributed by atoms with Crippen molar-refractivity contribution in [3.63, 3.8) is 0 Å². The van der Waals surface area contributed by atoms with Crippen LogP contribution in [0.25, 0.3) is 0 Å². The minimum Gasteiger partial charge on any atom is -0.309 e. The maximum Gasteiger partial charge on any atom is 0.211 e. The van der Waals surface area contributed by atoms with Gasteiger partial charge in [-0.05, 0) is 20.8 Å². The lowest BCUT2D eigenvalue weighted by Crippen LogP contribution is -2.39. The second kappa shape index (κ2) is 6.31. The molecule has 7 heteroatoms. The normalized spacial score (nSPS) is 13.8. The van der Waals surface area contributed by atoms with Gasteiger partial charge in [-0.3, -0.25) is 4.68 Å². The predicted octanol–water partition coefficient (Wildman–Crippen LogP) is 0.146. The Balaban J connectivity index is 2.38. The summed E-state index contributed by atoms with van der Waals surface area (Å²) in [5, 5.41) is 7.43. The Hall–Kier alpha value is -0.920. The van der Waals surface area contributed by atoms with Crippen LogP contribution in [0.3, 0.4) is 0 Å². The molecule has 6 nitrogen and oxygen atoms in total. The van der Waals surface area contributed by atoms with E-state index in [0.29, 0.717) is 13.1 Å². The number of aryl methyl sites for hydroxylation is 1. The molecule has 1 aromatic rings. The highest BCUT2D eigenvalue weighted by molar-refractivity contribution is 7.89. The first kappa shape index (κ1) is 15.1. The molecule has 0 aliphatic heterocycles. The lowest BCUT2D eigenvalue weighted by atomic mass is 10.2. The standard InChI is InChI=1S/C11H22N4O2S/c1-5-18(16,17)14-6-9(2)12-7-11-8-13-15(4)10(11)3/h8-9,12,14H,5-7H2,1-4H3/t9-/m0/s1. The second-order valence-electron chi connectivity index (χ2n) is 4.41. The molecule has 1 rings (SSSR count). The van der Waals surface area contributed by atoms with Crippen molar-refractivity contribution >= 4 is 10.0 Å². The van der Waals surface area contributed by atoms with Gasteiger partial charge in [0, 0.05) is 37.4 Å². The average Bonchev–Trinajstić information content (AvgIpc) is 2.65. The van der Waals surface area contributed by atoms with Gasteiger partial charge in [0.25, 0.3) is 0 Å². The van der Waals surface area contributed by atoms with E-state index in [9.17, 15) is 8.42 Å². The maximum atomic E-state index is 11.3. The van der Waals surface area contributed by atoms with Gasteiger partial charge in [-0.2, -0.15) is 5.10 Å². The summed E-state index contributed by atoms with van der Waals surface area (Å²) in [6.07, 6.45) is 1.82. The molecule has 104 valence electrons. The Morgan fingerprint density at radius 2 is 2.17 bits per heavy atom. The summed E-state index contributed by atoms with van der Waals surface area (Å²) in [5.41, 5.74) is 2.24. The van der Waals surface area contributed by atoms with Crippen LogP contribution in [-0.2, 0) is 23.6 Å². The van der Waals surface area contributed by atoms with Crippen molar-refractivity contribution in [2.75, 3.05) is 12.3 Å². The lowest BCUT2D eigenvalue weighted by molar-refractivity contribution is 0.524. The number of nitrogens with zero attached hydrogens (tertiary/aromatic N) is 2. The molecule has 2 N–H and O–H groups in total. The Bertz CT molecular complexity index is 481. The fourth-order valence-corrected chi connectivity index (χ4v) is 2.14. The molecule has 0 saturated heterocycles. The van der Waals surface area contributed by atoms with E-state index in [1.54, 1.807) is 6.92 Å². The van der Waals surface area contributed by atoms with Crippen LogP contribution in [0.15, 0.2) is 6.20 Å². The highest BCUT2D eigenvalue weighted by Crippen LogP contribution is 2.04. The first-order valence-corrected chi connectivity index (χ1v) is 7.69. The maximum absolute atomic E-state index is 11.3. The summed E-state index contributed by atoms with van der Waals surface area (Å²) in [5.74, 6) is 0.113. The summed E-state index contributed by atoms with van der Waals surface area (Å²) < 4.78 is 26.9. The van der Waals surface area contributed by atoms with E-state index in [0.717, 1.165) is 11.3 Å². The molecule has 1 heterocycles. The van der Waals surface area contributed by atoms with Crippen LogP contribution < -0.4 is 10.0 Å². The third kappa shape index (κ3) is 4.40. The monoisotopic (exact) mass is 274 g/mol. The molecule has 0 aliphatic carbocycles. The molecule has 0 aromatic carbocycles. The molecule has 0 aliphatic rings. The highest BCUT2D eigenvalue weighted by Gasteiger charge is 2.10. The van der Waals surface area contributed by atoms with Crippen LogP contribution in [0, 0.1) is 6.92 Å². The van der Waals surface area contributed by atoms with Crippen molar-refractivity contribution in [1.82, 2.24) is 19.8 Å². The first-order valence-electron chi connectivity index (χ1n) is 6.04. The molecule has 1 aromatic heterocycles. The van der Waals surface area contributed by atoms with E-state index in [1.165, 1.54) is 0 Å². The average molecular weight is 274 g/mol. The Kier molecular flexibility index (Phi) is 5.30. The van der Waals surface area contributed by atoms with Crippen molar-refractivity contribution < 1.29 is 8.42 Å². The summed E-state index contributed by atoms with van der Waals surface area (Å²) in [6.45, 7) is 6.67. The van der Waals surface area contributed by atoms with Crippen molar-refractivity contribution in [3.05, 3.63) is 17.5 Å². The number of hydrogen-bond donors (Lipinski definition) is 2. The smallest absolute Gasteiger partial charge is 0.211 e. The number of hydrogen-bond acceptors (Lipinski definition) is 4. The Morgan fingerprint density at radius 3 is 2.67 bits per heavy atom. The van der Waals surface area contributed by atoms with E-state index >= 15 is 0 Å². The molecule has 0 bridgehead atoms. The fraction of sp³-hybridized carbons (Fsp3) is 0.727. The van der Waals surface area contributed by atoms with Gasteiger partial charge in [0.2, 0.25) is 10.0 Å². The number of nitrogens with one attached hydrogen (secondary N) is 2. The fourth-order valence-electron chi connectivity index (χ4n) is 1.43. The molecule has 1 atom stereocenters. The Labute approximate surface area is 109 Å². The van der Waals surface area contributed by atoms with Crippen molar-refractivity contribution in [2.24, 2.45) is 7.05 Å². The van der Waals surface area contributed by atoms with Crippen molar-refractivity contribution in [2.45, 2.75) is 33.4 Å². The zero-order chi connectivity index (χ0) is 13.8. The topological polar surface area (TPSA) is 76.0 Å². The molecular formula is C11H22N4O2S. The quantitative estimate of drug-likeness (QED) is 0.742. The molecule has 0 unspecified atom stereocenters. The van der Waals surface area contributed by atoms with E-state index in [-0.39, 0.29) is 11.8 Å². The zero-order valence-electron chi connectivity index (χ0n) is 11.4. The first-order chi connectivity index (χ1) is 8.35. The largest absolute Gasteiger partial charge is 0.309 e. The highest BCUT2D eigenvalue weighted by atomic mass is 32.2. The van der Waals surface area contributed by atoms with Gasteiger partial charge in [0.05, 0.1) is 11.9 Å². The van der Waals surface area contributed by atoms with Crippen LogP contribution in [0.2, 0.25) is 0 Å².